The highest BCUT2D eigenvalue weighted by Crippen LogP contribution is 2.41. The maximum Gasteiger partial charge on any atom is 0.252 e. The minimum Gasteiger partial charge on any atom is -0.345 e. The zero-order chi connectivity index (χ0) is 13.9. The van der Waals surface area contributed by atoms with E-state index in [4.69, 9.17) is 0 Å². The lowest BCUT2D eigenvalue weighted by Crippen LogP contribution is -2.30. The first kappa shape index (κ1) is 12.7. The second kappa shape index (κ2) is 5.33. The number of H-pyrrole nitrogens is 1. The van der Waals surface area contributed by atoms with Gasteiger partial charge in [0.1, 0.15) is 0 Å². The third-order valence-corrected chi connectivity index (χ3v) is 3.58. The van der Waals surface area contributed by atoms with Crippen LogP contribution >= 0.6 is 0 Å². The Kier molecular flexibility index (Phi) is 3.37. The number of nitrogens with one attached hydrogen (secondary N) is 2. The predicted octanol–water partition coefficient (Wildman–Crippen LogP) is 2.26. The van der Waals surface area contributed by atoms with E-state index in [-0.39, 0.29) is 17.5 Å². The third kappa shape index (κ3) is 2.79. The maximum atomic E-state index is 12.2. The minimum absolute atomic E-state index is 0.0305. The summed E-state index contributed by atoms with van der Waals surface area (Å²) in [7, 11) is 0. The zero-order valence-corrected chi connectivity index (χ0v) is 11.0. The van der Waals surface area contributed by atoms with Gasteiger partial charge in [-0.15, -0.1) is 0 Å². The van der Waals surface area contributed by atoms with E-state index >= 15 is 0 Å². The molecule has 4 nitrogen and oxygen atoms in total. The van der Waals surface area contributed by atoms with Crippen LogP contribution < -0.4 is 10.9 Å². The molecule has 0 radical (unpaired) electrons. The van der Waals surface area contributed by atoms with E-state index in [9.17, 15) is 9.59 Å². The molecule has 2 aromatic rings. The molecule has 1 heterocycles. The molecule has 0 bridgehead atoms. The molecule has 1 aromatic carbocycles. The molecular formula is C16H16N2O2. The first-order valence-electron chi connectivity index (χ1n) is 6.78. The van der Waals surface area contributed by atoms with Crippen molar-refractivity contribution < 1.29 is 4.79 Å². The van der Waals surface area contributed by atoms with Crippen LogP contribution in [0.4, 0.5) is 0 Å². The molecule has 1 saturated carbocycles. The van der Waals surface area contributed by atoms with Crippen LogP contribution in [0.1, 0.15) is 34.8 Å². The van der Waals surface area contributed by atoms with Crippen LogP contribution in [0, 0.1) is 5.92 Å². The van der Waals surface area contributed by atoms with Gasteiger partial charge in [0.25, 0.3) is 5.91 Å². The molecule has 0 spiro atoms. The Hall–Kier alpha value is -2.36. The summed E-state index contributed by atoms with van der Waals surface area (Å²) >= 11 is 0. The van der Waals surface area contributed by atoms with Crippen LogP contribution in [0.3, 0.4) is 0 Å². The molecule has 3 rings (SSSR count). The first-order chi connectivity index (χ1) is 9.74. The largest absolute Gasteiger partial charge is 0.345 e. The Morgan fingerprint density at radius 3 is 2.60 bits per heavy atom. The number of rotatable bonds is 4. The molecular weight excluding hydrogens is 252 g/mol. The highest BCUT2D eigenvalue weighted by atomic mass is 16.2. The molecule has 4 heteroatoms. The fraction of sp³-hybridized carbons (Fsp3) is 0.250. The lowest BCUT2D eigenvalue weighted by Gasteiger charge is -2.18. The molecule has 1 fully saturated rings. The molecule has 0 aliphatic heterocycles. The Morgan fingerprint density at radius 2 is 1.95 bits per heavy atom. The van der Waals surface area contributed by atoms with E-state index in [1.54, 1.807) is 6.07 Å². The van der Waals surface area contributed by atoms with Crippen LogP contribution in [0.5, 0.6) is 0 Å². The van der Waals surface area contributed by atoms with Crippen molar-refractivity contribution in [3.8, 4) is 0 Å². The number of aromatic amines is 1. The fourth-order valence-corrected chi connectivity index (χ4v) is 2.37. The summed E-state index contributed by atoms with van der Waals surface area (Å²) in [5.41, 5.74) is 1.25. The number of hydrogen-bond acceptors (Lipinski definition) is 2. The van der Waals surface area contributed by atoms with Gasteiger partial charge < -0.3 is 10.3 Å². The van der Waals surface area contributed by atoms with Gasteiger partial charge in [-0.05, 0) is 30.4 Å². The van der Waals surface area contributed by atoms with Crippen molar-refractivity contribution in [1.82, 2.24) is 10.3 Å². The molecule has 20 heavy (non-hydrogen) atoms. The second-order valence-electron chi connectivity index (χ2n) is 5.14. The monoisotopic (exact) mass is 268 g/mol. The smallest absolute Gasteiger partial charge is 0.252 e. The molecule has 0 saturated heterocycles. The number of carbonyl (C=O) groups excluding carboxylic acids is 1. The molecule has 2 N–H and O–H groups in total. The van der Waals surface area contributed by atoms with Crippen LogP contribution in [0.25, 0.3) is 0 Å². The molecule has 102 valence electrons. The lowest BCUT2D eigenvalue weighted by molar-refractivity contribution is 0.0931. The summed E-state index contributed by atoms with van der Waals surface area (Å²) in [6.45, 7) is 0. The van der Waals surface area contributed by atoms with E-state index in [1.807, 2.05) is 30.3 Å². The van der Waals surface area contributed by atoms with Gasteiger partial charge in [-0.2, -0.15) is 0 Å². The molecule has 1 aliphatic carbocycles. The van der Waals surface area contributed by atoms with Gasteiger partial charge in [-0.3, -0.25) is 9.59 Å². The van der Waals surface area contributed by atoms with Gasteiger partial charge in [-0.1, -0.05) is 30.3 Å². The van der Waals surface area contributed by atoms with E-state index in [2.05, 4.69) is 10.3 Å². The molecule has 1 unspecified atom stereocenters. The highest BCUT2D eigenvalue weighted by Gasteiger charge is 2.33. The Morgan fingerprint density at radius 1 is 1.20 bits per heavy atom. The number of aromatic nitrogens is 1. The van der Waals surface area contributed by atoms with Crippen LogP contribution in [0.2, 0.25) is 0 Å². The van der Waals surface area contributed by atoms with Crippen molar-refractivity contribution in [2.24, 2.45) is 5.92 Å². The standard InChI is InChI=1S/C16H16N2O2/c19-14-10-13(8-9-17-14)16(20)18-15(12-6-7-12)11-4-2-1-3-5-11/h1-5,8-10,12,15H,6-7H2,(H,17,19)(H,18,20). The van der Waals surface area contributed by atoms with Gasteiger partial charge in [0.2, 0.25) is 5.56 Å². The SMILES string of the molecule is O=C(NC(c1ccccc1)C1CC1)c1cc[nH]c(=O)c1. The van der Waals surface area contributed by atoms with E-state index in [0.717, 1.165) is 18.4 Å². The molecule has 1 amide bonds. The molecule has 1 aromatic heterocycles. The van der Waals surface area contributed by atoms with Gasteiger partial charge in [-0.25, -0.2) is 0 Å². The van der Waals surface area contributed by atoms with Crippen molar-refractivity contribution in [2.75, 3.05) is 0 Å². The summed E-state index contributed by atoms with van der Waals surface area (Å²) in [6, 6.07) is 12.9. The normalized spacial score (nSPS) is 15.6. The summed E-state index contributed by atoms with van der Waals surface area (Å²) in [4.78, 5) is 26.0. The quantitative estimate of drug-likeness (QED) is 0.893. The number of amides is 1. The predicted molar refractivity (Wildman–Crippen MR) is 76.4 cm³/mol. The lowest BCUT2D eigenvalue weighted by atomic mass is 10.0. The van der Waals surface area contributed by atoms with Gasteiger partial charge in [0.15, 0.2) is 0 Å². The maximum absolute atomic E-state index is 12.2. The van der Waals surface area contributed by atoms with Crippen molar-refractivity contribution in [3.05, 3.63) is 70.1 Å². The van der Waals surface area contributed by atoms with Gasteiger partial charge in [0.05, 0.1) is 6.04 Å². The van der Waals surface area contributed by atoms with Crippen LogP contribution in [0.15, 0.2) is 53.5 Å². The average Bonchev–Trinajstić information content (AvgIpc) is 3.30. The zero-order valence-electron chi connectivity index (χ0n) is 11.0. The number of benzene rings is 1. The van der Waals surface area contributed by atoms with Gasteiger partial charge in [0, 0.05) is 17.8 Å². The van der Waals surface area contributed by atoms with Gasteiger partial charge >= 0.3 is 0 Å². The first-order valence-corrected chi connectivity index (χ1v) is 6.78. The third-order valence-electron chi connectivity index (χ3n) is 3.58. The second-order valence-corrected chi connectivity index (χ2v) is 5.14. The summed E-state index contributed by atoms with van der Waals surface area (Å²) in [5.74, 6) is 0.306. The molecule has 1 aliphatic rings. The fourth-order valence-electron chi connectivity index (χ4n) is 2.37. The van der Waals surface area contributed by atoms with Crippen molar-refractivity contribution in [3.63, 3.8) is 0 Å². The Balaban J connectivity index is 1.81. The van der Waals surface area contributed by atoms with E-state index < -0.39 is 0 Å². The highest BCUT2D eigenvalue weighted by molar-refractivity contribution is 5.94. The summed E-state index contributed by atoms with van der Waals surface area (Å²) in [5, 5.41) is 3.05. The number of pyridine rings is 1. The molecule has 1 atom stereocenters. The Bertz CT molecular complexity index is 659. The topological polar surface area (TPSA) is 62.0 Å². The average molecular weight is 268 g/mol. The van der Waals surface area contributed by atoms with Crippen molar-refractivity contribution in [1.29, 1.82) is 0 Å². The van der Waals surface area contributed by atoms with E-state index in [0.29, 0.717) is 11.5 Å². The van der Waals surface area contributed by atoms with Crippen LogP contribution in [-0.2, 0) is 0 Å². The summed E-state index contributed by atoms with van der Waals surface area (Å²) in [6.07, 6.45) is 3.76. The number of carbonyl (C=O) groups is 1. The minimum atomic E-state index is -0.264. The van der Waals surface area contributed by atoms with Crippen molar-refractivity contribution >= 4 is 5.91 Å². The van der Waals surface area contributed by atoms with E-state index in [1.165, 1.54) is 12.3 Å². The van der Waals surface area contributed by atoms with Crippen LogP contribution in [-0.4, -0.2) is 10.9 Å². The summed E-state index contributed by atoms with van der Waals surface area (Å²) < 4.78 is 0. The number of hydrogen-bond donors (Lipinski definition) is 2. The van der Waals surface area contributed by atoms with Crippen molar-refractivity contribution in [2.45, 2.75) is 18.9 Å². The Labute approximate surface area is 116 Å².